The lowest BCUT2D eigenvalue weighted by Crippen LogP contribution is -2.49. The molecule has 0 bridgehead atoms. The predicted octanol–water partition coefficient (Wildman–Crippen LogP) is 3.62. The first kappa shape index (κ1) is 12.6. The van der Waals surface area contributed by atoms with E-state index in [2.05, 4.69) is 0 Å². The lowest BCUT2D eigenvalue weighted by atomic mass is 9.78. The molecule has 2 nitrogen and oxygen atoms in total. The molecular formula is C16H20FNO. The Labute approximate surface area is 113 Å². The molecule has 2 atom stereocenters. The summed E-state index contributed by atoms with van der Waals surface area (Å²) in [5.41, 5.74) is 0.230. The SMILES string of the molecule is O=C(c1ccccc1F)N1CCC[C@H]2CCCC[C@H]21. The van der Waals surface area contributed by atoms with Gasteiger partial charge in [0, 0.05) is 12.6 Å². The molecule has 1 saturated heterocycles. The lowest BCUT2D eigenvalue weighted by Gasteiger charge is -2.44. The van der Waals surface area contributed by atoms with E-state index in [0.29, 0.717) is 12.0 Å². The minimum atomic E-state index is -0.398. The fourth-order valence-corrected chi connectivity index (χ4v) is 3.67. The standard InChI is InChI=1S/C16H20FNO/c17-14-9-3-2-8-13(14)16(19)18-11-5-7-12-6-1-4-10-15(12)18/h2-3,8-9,12,15H,1,4-7,10-11H2/t12-,15-/m1/s1. The van der Waals surface area contributed by atoms with E-state index in [-0.39, 0.29) is 11.5 Å². The Morgan fingerprint density at radius 3 is 2.68 bits per heavy atom. The minimum absolute atomic E-state index is 0.116. The van der Waals surface area contributed by atoms with Crippen molar-refractivity contribution in [3.63, 3.8) is 0 Å². The van der Waals surface area contributed by atoms with Gasteiger partial charge in [0.1, 0.15) is 5.82 Å². The molecule has 1 saturated carbocycles. The Hall–Kier alpha value is -1.38. The Kier molecular flexibility index (Phi) is 3.54. The van der Waals surface area contributed by atoms with Gasteiger partial charge in [-0.15, -0.1) is 0 Å². The molecule has 2 aliphatic rings. The van der Waals surface area contributed by atoms with E-state index in [0.717, 1.165) is 19.4 Å². The molecule has 1 amide bonds. The van der Waals surface area contributed by atoms with Gasteiger partial charge in [-0.05, 0) is 43.7 Å². The van der Waals surface area contributed by atoms with E-state index in [1.54, 1.807) is 18.2 Å². The Morgan fingerprint density at radius 2 is 1.84 bits per heavy atom. The highest BCUT2D eigenvalue weighted by Gasteiger charge is 2.36. The number of piperidine rings is 1. The van der Waals surface area contributed by atoms with Crippen LogP contribution in [0.3, 0.4) is 0 Å². The van der Waals surface area contributed by atoms with Gasteiger partial charge in [0.2, 0.25) is 0 Å². The van der Waals surface area contributed by atoms with Crippen molar-refractivity contribution in [3.05, 3.63) is 35.6 Å². The van der Waals surface area contributed by atoms with Crippen molar-refractivity contribution in [2.24, 2.45) is 5.92 Å². The first-order valence-corrected chi connectivity index (χ1v) is 7.33. The third-order valence-electron chi connectivity index (χ3n) is 4.61. The van der Waals surface area contributed by atoms with E-state index < -0.39 is 5.82 Å². The van der Waals surface area contributed by atoms with E-state index in [1.807, 2.05) is 4.90 Å². The third kappa shape index (κ3) is 2.38. The number of benzene rings is 1. The van der Waals surface area contributed by atoms with Crippen molar-refractivity contribution in [3.8, 4) is 0 Å². The van der Waals surface area contributed by atoms with Gasteiger partial charge in [-0.2, -0.15) is 0 Å². The Bertz CT molecular complexity index is 472. The molecule has 2 fully saturated rings. The highest BCUT2D eigenvalue weighted by molar-refractivity contribution is 5.94. The smallest absolute Gasteiger partial charge is 0.257 e. The van der Waals surface area contributed by atoms with Crippen LogP contribution in [0.1, 0.15) is 48.9 Å². The Morgan fingerprint density at radius 1 is 1.11 bits per heavy atom. The number of hydrogen-bond donors (Lipinski definition) is 0. The highest BCUT2D eigenvalue weighted by Crippen LogP contribution is 2.36. The molecule has 1 aliphatic carbocycles. The van der Waals surface area contributed by atoms with Crippen LogP contribution in [0, 0.1) is 11.7 Å². The average Bonchev–Trinajstić information content (AvgIpc) is 2.46. The number of rotatable bonds is 1. The maximum atomic E-state index is 13.8. The topological polar surface area (TPSA) is 20.3 Å². The molecule has 1 aromatic carbocycles. The number of nitrogens with zero attached hydrogens (tertiary/aromatic N) is 1. The van der Waals surface area contributed by atoms with Crippen LogP contribution in [0.5, 0.6) is 0 Å². The molecule has 1 aliphatic heterocycles. The van der Waals surface area contributed by atoms with Gasteiger partial charge in [0.15, 0.2) is 0 Å². The van der Waals surface area contributed by atoms with Crippen molar-refractivity contribution in [2.75, 3.05) is 6.54 Å². The normalized spacial score (nSPS) is 26.9. The van der Waals surface area contributed by atoms with Crippen LogP contribution in [0.15, 0.2) is 24.3 Å². The summed E-state index contributed by atoms with van der Waals surface area (Å²) in [7, 11) is 0. The third-order valence-corrected chi connectivity index (χ3v) is 4.61. The minimum Gasteiger partial charge on any atom is -0.335 e. The molecule has 0 N–H and O–H groups in total. The summed E-state index contributed by atoms with van der Waals surface area (Å²) < 4.78 is 13.8. The van der Waals surface area contributed by atoms with E-state index in [4.69, 9.17) is 0 Å². The number of hydrogen-bond acceptors (Lipinski definition) is 1. The fourth-order valence-electron chi connectivity index (χ4n) is 3.67. The molecule has 3 rings (SSSR count). The summed E-state index contributed by atoms with van der Waals surface area (Å²) in [5.74, 6) is 0.123. The predicted molar refractivity (Wildman–Crippen MR) is 72.4 cm³/mol. The molecule has 0 radical (unpaired) electrons. The fraction of sp³-hybridized carbons (Fsp3) is 0.562. The van der Waals surface area contributed by atoms with Gasteiger partial charge < -0.3 is 4.90 Å². The maximum absolute atomic E-state index is 13.8. The summed E-state index contributed by atoms with van der Waals surface area (Å²) in [6.45, 7) is 0.786. The van der Waals surface area contributed by atoms with Gasteiger partial charge in [-0.25, -0.2) is 4.39 Å². The van der Waals surface area contributed by atoms with Gasteiger partial charge in [-0.1, -0.05) is 25.0 Å². The van der Waals surface area contributed by atoms with Crippen molar-refractivity contribution >= 4 is 5.91 Å². The quantitative estimate of drug-likeness (QED) is 0.756. The maximum Gasteiger partial charge on any atom is 0.257 e. The molecular weight excluding hydrogens is 241 g/mol. The highest BCUT2D eigenvalue weighted by atomic mass is 19.1. The second-order valence-electron chi connectivity index (χ2n) is 5.73. The monoisotopic (exact) mass is 261 g/mol. The number of amides is 1. The lowest BCUT2D eigenvalue weighted by molar-refractivity contribution is 0.0386. The molecule has 3 heteroatoms. The Balaban J connectivity index is 1.84. The van der Waals surface area contributed by atoms with Gasteiger partial charge in [0.05, 0.1) is 5.56 Å². The summed E-state index contributed by atoms with van der Waals surface area (Å²) in [5, 5.41) is 0. The second-order valence-corrected chi connectivity index (χ2v) is 5.73. The molecule has 0 unspecified atom stereocenters. The van der Waals surface area contributed by atoms with Crippen molar-refractivity contribution in [1.82, 2.24) is 4.90 Å². The van der Waals surface area contributed by atoms with E-state index in [1.165, 1.54) is 31.7 Å². The van der Waals surface area contributed by atoms with Gasteiger partial charge >= 0.3 is 0 Å². The van der Waals surface area contributed by atoms with Crippen molar-refractivity contribution in [2.45, 2.75) is 44.6 Å². The second kappa shape index (κ2) is 5.32. The summed E-state index contributed by atoms with van der Waals surface area (Å²) in [6, 6.07) is 6.68. The summed E-state index contributed by atoms with van der Waals surface area (Å²) in [6.07, 6.45) is 7.08. The average molecular weight is 261 g/mol. The first-order chi connectivity index (χ1) is 9.27. The molecule has 0 aromatic heterocycles. The zero-order chi connectivity index (χ0) is 13.2. The molecule has 1 aromatic rings. The number of likely N-dealkylation sites (tertiary alicyclic amines) is 1. The van der Waals surface area contributed by atoms with Crippen LogP contribution in [-0.4, -0.2) is 23.4 Å². The first-order valence-electron chi connectivity index (χ1n) is 7.33. The molecule has 1 heterocycles. The number of carbonyl (C=O) groups excluding carboxylic acids is 1. The zero-order valence-corrected chi connectivity index (χ0v) is 11.1. The zero-order valence-electron chi connectivity index (χ0n) is 11.1. The summed E-state index contributed by atoms with van der Waals surface area (Å²) >= 11 is 0. The van der Waals surface area contributed by atoms with Crippen LogP contribution < -0.4 is 0 Å². The van der Waals surface area contributed by atoms with Crippen LogP contribution in [0.25, 0.3) is 0 Å². The van der Waals surface area contributed by atoms with Crippen LogP contribution in [0.2, 0.25) is 0 Å². The molecule has 19 heavy (non-hydrogen) atoms. The van der Waals surface area contributed by atoms with Gasteiger partial charge in [0.25, 0.3) is 5.91 Å². The van der Waals surface area contributed by atoms with Crippen LogP contribution in [-0.2, 0) is 0 Å². The van der Waals surface area contributed by atoms with Crippen molar-refractivity contribution < 1.29 is 9.18 Å². The number of fused-ring (bicyclic) bond motifs is 1. The number of carbonyl (C=O) groups is 1. The number of halogens is 1. The van der Waals surface area contributed by atoms with Crippen molar-refractivity contribution in [1.29, 1.82) is 0 Å². The van der Waals surface area contributed by atoms with Crippen LogP contribution in [0.4, 0.5) is 4.39 Å². The molecule has 102 valence electrons. The van der Waals surface area contributed by atoms with E-state index >= 15 is 0 Å². The summed E-state index contributed by atoms with van der Waals surface area (Å²) in [4.78, 5) is 14.5. The molecule has 0 spiro atoms. The van der Waals surface area contributed by atoms with Gasteiger partial charge in [-0.3, -0.25) is 4.79 Å². The largest absolute Gasteiger partial charge is 0.335 e. The van der Waals surface area contributed by atoms with E-state index in [9.17, 15) is 9.18 Å². The van der Waals surface area contributed by atoms with Crippen LogP contribution >= 0.6 is 0 Å².